The normalized spacial score (nSPS) is 17.4. The highest BCUT2D eigenvalue weighted by Crippen LogP contribution is 2.29. The van der Waals surface area contributed by atoms with E-state index in [-0.39, 0.29) is 5.91 Å². The fraction of sp³-hybridized carbons (Fsp3) is 0.235. The van der Waals surface area contributed by atoms with Crippen LogP contribution in [0.25, 0.3) is 0 Å². The molecule has 0 spiro atoms. The van der Waals surface area contributed by atoms with Gasteiger partial charge in [-0.05, 0) is 29.7 Å². The maximum Gasteiger partial charge on any atom is 0.260 e. The van der Waals surface area contributed by atoms with Crippen molar-refractivity contribution in [1.29, 1.82) is 0 Å². The highest BCUT2D eigenvalue weighted by molar-refractivity contribution is 5.97. The van der Waals surface area contributed by atoms with E-state index in [1.807, 2.05) is 48.5 Å². The molecule has 2 aromatic carbocycles. The number of carbonyl (C=O) groups excluding carboxylic acids is 1. The first-order valence-corrected chi connectivity index (χ1v) is 6.79. The van der Waals surface area contributed by atoms with Crippen molar-refractivity contribution in [3.63, 3.8) is 0 Å². The van der Waals surface area contributed by atoms with Gasteiger partial charge in [0.05, 0.1) is 6.61 Å². The van der Waals surface area contributed by atoms with Gasteiger partial charge in [0.2, 0.25) is 0 Å². The van der Waals surface area contributed by atoms with Crippen LogP contribution in [0.1, 0.15) is 17.2 Å². The first-order chi connectivity index (χ1) is 9.77. The van der Waals surface area contributed by atoms with Gasteiger partial charge in [-0.25, -0.2) is 0 Å². The summed E-state index contributed by atoms with van der Waals surface area (Å²) in [7, 11) is 1.79. The third-order valence-corrected chi connectivity index (χ3v) is 3.69. The Hall–Kier alpha value is -2.13. The summed E-state index contributed by atoms with van der Waals surface area (Å²) in [5.41, 5.74) is 3.08. The zero-order valence-electron chi connectivity index (χ0n) is 11.5. The van der Waals surface area contributed by atoms with Crippen molar-refractivity contribution < 1.29 is 9.53 Å². The molecule has 1 aliphatic rings. The second-order valence-electron chi connectivity index (χ2n) is 4.93. The molecule has 1 amide bonds. The fourth-order valence-corrected chi connectivity index (χ4v) is 2.55. The maximum absolute atomic E-state index is 12.7. The summed E-state index contributed by atoms with van der Waals surface area (Å²) in [6.45, 7) is 0.593. The second-order valence-corrected chi connectivity index (χ2v) is 4.93. The number of ether oxygens (including phenoxy) is 1. The summed E-state index contributed by atoms with van der Waals surface area (Å²) in [4.78, 5) is 14.3. The summed E-state index contributed by atoms with van der Waals surface area (Å²) in [6, 6.07) is 17.6. The van der Waals surface area contributed by atoms with Crippen LogP contribution in [-0.4, -0.2) is 19.6 Å². The molecule has 1 aliphatic heterocycles. The molecule has 3 nitrogen and oxygen atoms in total. The Morgan fingerprint density at radius 3 is 2.60 bits per heavy atom. The van der Waals surface area contributed by atoms with E-state index >= 15 is 0 Å². The minimum atomic E-state index is -0.495. The van der Waals surface area contributed by atoms with E-state index in [2.05, 4.69) is 6.07 Å². The molecule has 0 aromatic heterocycles. The molecule has 1 unspecified atom stereocenters. The smallest absolute Gasteiger partial charge is 0.260 e. The van der Waals surface area contributed by atoms with Crippen molar-refractivity contribution in [3.8, 4) is 0 Å². The molecule has 3 heteroatoms. The number of carbonyl (C=O) groups is 1. The minimum absolute atomic E-state index is 0.0247. The molecule has 0 bridgehead atoms. The van der Waals surface area contributed by atoms with Crippen LogP contribution in [-0.2, 0) is 16.0 Å². The molecule has 1 atom stereocenters. The van der Waals surface area contributed by atoms with Gasteiger partial charge in [0.1, 0.15) is 0 Å². The van der Waals surface area contributed by atoms with Gasteiger partial charge in [-0.2, -0.15) is 0 Å². The van der Waals surface area contributed by atoms with E-state index in [1.165, 1.54) is 5.56 Å². The summed E-state index contributed by atoms with van der Waals surface area (Å²) in [5, 5.41) is 0. The molecular weight excluding hydrogens is 250 g/mol. The van der Waals surface area contributed by atoms with Crippen LogP contribution in [0.15, 0.2) is 54.6 Å². The molecule has 3 rings (SSSR count). The number of nitrogens with zero attached hydrogens (tertiary/aromatic N) is 1. The Morgan fingerprint density at radius 1 is 1.10 bits per heavy atom. The molecule has 0 radical (unpaired) electrons. The van der Waals surface area contributed by atoms with E-state index in [0.29, 0.717) is 6.61 Å². The van der Waals surface area contributed by atoms with E-state index in [0.717, 1.165) is 17.7 Å². The van der Waals surface area contributed by atoms with E-state index in [9.17, 15) is 4.79 Å². The van der Waals surface area contributed by atoms with Gasteiger partial charge in [-0.3, -0.25) is 4.79 Å². The van der Waals surface area contributed by atoms with E-state index in [4.69, 9.17) is 4.74 Å². The number of likely N-dealkylation sites (N-methyl/N-ethyl adjacent to an activating group) is 1. The lowest BCUT2D eigenvalue weighted by Crippen LogP contribution is -2.35. The third-order valence-electron chi connectivity index (χ3n) is 3.69. The zero-order valence-corrected chi connectivity index (χ0v) is 11.5. The first-order valence-electron chi connectivity index (χ1n) is 6.79. The zero-order chi connectivity index (χ0) is 13.9. The van der Waals surface area contributed by atoms with E-state index in [1.54, 1.807) is 11.9 Å². The lowest BCUT2D eigenvalue weighted by molar-refractivity contribution is -0.131. The Morgan fingerprint density at radius 2 is 1.80 bits per heavy atom. The SMILES string of the molecule is CN(C(=O)C1OCCc2ccccc21)c1ccccc1. The number of benzene rings is 2. The Labute approximate surface area is 118 Å². The Bertz CT molecular complexity index is 609. The summed E-state index contributed by atoms with van der Waals surface area (Å²) >= 11 is 0. The molecule has 20 heavy (non-hydrogen) atoms. The summed E-state index contributed by atoms with van der Waals surface area (Å²) in [5.74, 6) is -0.0247. The van der Waals surface area contributed by atoms with Crippen LogP contribution in [0.3, 0.4) is 0 Å². The van der Waals surface area contributed by atoms with Gasteiger partial charge in [0.25, 0.3) is 5.91 Å². The Balaban J connectivity index is 1.89. The topological polar surface area (TPSA) is 29.5 Å². The first kappa shape index (κ1) is 12.9. The summed E-state index contributed by atoms with van der Waals surface area (Å²) < 4.78 is 5.72. The lowest BCUT2D eigenvalue weighted by atomic mass is 9.97. The van der Waals surface area contributed by atoms with Gasteiger partial charge >= 0.3 is 0 Å². The van der Waals surface area contributed by atoms with Gasteiger partial charge in [0.15, 0.2) is 6.10 Å². The van der Waals surface area contributed by atoms with Crippen LogP contribution < -0.4 is 4.90 Å². The number of fused-ring (bicyclic) bond motifs is 1. The molecule has 102 valence electrons. The molecule has 0 N–H and O–H groups in total. The van der Waals surface area contributed by atoms with Gasteiger partial charge < -0.3 is 9.64 Å². The fourth-order valence-electron chi connectivity index (χ4n) is 2.55. The van der Waals surface area contributed by atoms with Crippen LogP contribution in [0.2, 0.25) is 0 Å². The van der Waals surface area contributed by atoms with Crippen molar-refractivity contribution in [3.05, 3.63) is 65.7 Å². The standard InChI is InChI=1S/C17H17NO2/c1-18(14-8-3-2-4-9-14)17(19)16-15-10-6-5-7-13(15)11-12-20-16/h2-10,16H,11-12H2,1H3. The van der Waals surface area contributed by atoms with Crippen LogP contribution in [0.5, 0.6) is 0 Å². The van der Waals surface area contributed by atoms with Crippen molar-refractivity contribution in [2.75, 3.05) is 18.6 Å². The average Bonchev–Trinajstić information content (AvgIpc) is 2.54. The largest absolute Gasteiger partial charge is 0.363 e. The van der Waals surface area contributed by atoms with Gasteiger partial charge in [0, 0.05) is 12.7 Å². The number of hydrogen-bond donors (Lipinski definition) is 0. The highest BCUT2D eigenvalue weighted by Gasteiger charge is 2.29. The number of amides is 1. The molecule has 0 saturated heterocycles. The van der Waals surface area contributed by atoms with E-state index < -0.39 is 6.10 Å². The second kappa shape index (κ2) is 5.47. The van der Waals surface area contributed by atoms with Crippen LogP contribution in [0, 0.1) is 0 Å². The number of para-hydroxylation sites is 1. The van der Waals surface area contributed by atoms with Gasteiger partial charge in [-0.15, -0.1) is 0 Å². The van der Waals surface area contributed by atoms with Crippen LogP contribution in [0.4, 0.5) is 5.69 Å². The monoisotopic (exact) mass is 267 g/mol. The molecule has 2 aromatic rings. The quantitative estimate of drug-likeness (QED) is 0.837. The maximum atomic E-state index is 12.7. The predicted octanol–water partition coefficient (Wildman–Crippen LogP) is 2.96. The van der Waals surface area contributed by atoms with Gasteiger partial charge in [-0.1, -0.05) is 42.5 Å². The number of anilines is 1. The number of hydrogen-bond acceptors (Lipinski definition) is 2. The highest BCUT2D eigenvalue weighted by atomic mass is 16.5. The van der Waals surface area contributed by atoms with Crippen molar-refractivity contribution in [2.24, 2.45) is 0 Å². The van der Waals surface area contributed by atoms with Crippen LogP contribution >= 0.6 is 0 Å². The summed E-state index contributed by atoms with van der Waals surface area (Å²) in [6.07, 6.45) is 0.375. The average molecular weight is 267 g/mol. The molecular formula is C17H17NO2. The lowest BCUT2D eigenvalue weighted by Gasteiger charge is -2.28. The Kier molecular flexibility index (Phi) is 3.52. The molecule has 0 saturated carbocycles. The predicted molar refractivity (Wildman–Crippen MR) is 78.7 cm³/mol. The molecule has 0 aliphatic carbocycles. The van der Waals surface area contributed by atoms with Crippen molar-refractivity contribution in [2.45, 2.75) is 12.5 Å². The number of rotatable bonds is 2. The van der Waals surface area contributed by atoms with Crippen molar-refractivity contribution in [1.82, 2.24) is 0 Å². The van der Waals surface area contributed by atoms with Crippen molar-refractivity contribution >= 4 is 11.6 Å². The third kappa shape index (κ3) is 2.32. The molecule has 1 heterocycles. The minimum Gasteiger partial charge on any atom is -0.363 e. The molecule has 0 fully saturated rings.